The van der Waals surface area contributed by atoms with E-state index in [1.165, 1.54) is 11.8 Å². The summed E-state index contributed by atoms with van der Waals surface area (Å²) < 4.78 is 5.29. The highest BCUT2D eigenvalue weighted by atomic mass is 32.2. The van der Waals surface area contributed by atoms with Crippen molar-refractivity contribution >= 4 is 29.3 Å². The van der Waals surface area contributed by atoms with Crippen LogP contribution in [0.5, 0.6) is 0 Å². The van der Waals surface area contributed by atoms with E-state index < -0.39 is 0 Å². The molecular formula is C19H20N2O3S. The molecule has 0 atom stereocenters. The summed E-state index contributed by atoms with van der Waals surface area (Å²) in [6.07, 6.45) is 0. The first kappa shape index (κ1) is 17.5. The van der Waals surface area contributed by atoms with Crippen LogP contribution in [0.1, 0.15) is 10.4 Å². The number of rotatable bonds is 5. The number of ether oxygens (including phenoxy) is 1. The fourth-order valence-corrected chi connectivity index (χ4v) is 3.29. The molecule has 2 amide bonds. The minimum absolute atomic E-state index is 0.0742. The molecule has 3 rings (SSSR count). The van der Waals surface area contributed by atoms with Crippen molar-refractivity contribution < 1.29 is 14.3 Å². The summed E-state index contributed by atoms with van der Waals surface area (Å²) >= 11 is 1.47. The average Bonchev–Trinajstić information content (AvgIpc) is 2.68. The molecule has 25 heavy (non-hydrogen) atoms. The van der Waals surface area contributed by atoms with Crippen LogP contribution in [0, 0.1) is 0 Å². The Morgan fingerprint density at radius 2 is 1.68 bits per heavy atom. The van der Waals surface area contributed by atoms with Gasteiger partial charge in [-0.15, -0.1) is 11.8 Å². The van der Waals surface area contributed by atoms with E-state index in [0.717, 1.165) is 4.90 Å². The van der Waals surface area contributed by atoms with Gasteiger partial charge in [0.05, 0.1) is 30.2 Å². The highest BCUT2D eigenvalue weighted by Crippen LogP contribution is 2.20. The lowest BCUT2D eigenvalue weighted by molar-refractivity contribution is -0.113. The van der Waals surface area contributed by atoms with Crippen LogP contribution in [0.15, 0.2) is 59.5 Å². The maximum atomic E-state index is 12.7. The van der Waals surface area contributed by atoms with Crippen LogP contribution in [-0.2, 0) is 9.53 Å². The number of benzene rings is 2. The van der Waals surface area contributed by atoms with Gasteiger partial charge in [0.15, 0.2) is 0 Å². The van der Waals surface area contributed by atoms with Crippen molar-refractivity contribution in [3.8, 4) is 0 Å². The summed E-state index contributed by atoms with van der Waals surface area (Å²) in [6.45, 7) is 2.25. The Morgan fingerprint density at radius 3 is 2.44 bits per heavy atom. The lowest BCUT2D eigenvalue weighted by Crippen LogP contribution is -2.41. The number of nitrogens with one attached hydrogen (secondary N) is 1. The van der Waals surface area contributed by atoms with Crippen LogP contribution in [0.25, 0.3) is 0 Å². The van der Waals surface area contributed by atoms with Crippen molar-refractivity contribution in [2.45, 2.75) is 4.90 Å². The Labute approximate surface area is 151 Å². The van der Waals surface area contributed by atoms with E-state index in [2.05, 4.69) is 5.32 Å². The quantitative estimate of drug-likeness (QED) is 0.837. The second-order valence-corrected chi connectivity index (χ2v) is 6.65. The first-order valence-corrected chi connectivity index (χ1v) is 9.16. The number of amides is 2. The molecule has 1 saturated heterocycles. The Bertz CT molecular complexity index is 730. The maximum Gasteiger partial charge on any atom is 0.256 e. The molecule has 0 saturated carbocycles. The van der Waals surface area contributed by atoms with Crippen LogP contribution >= 0.6 is 11.8 Å². The van der Waals surface area contributed by atoms with Crippen molar-refractivity contribution in [1.29, 1.82) is 0 Å². The molecule has 0 aliphatic carbocycles. The first-order valence-electron chi connectivity index (χ1n) is 8.18. The molecule has 0 radical (unpaired) electrons. The highest BCUT2D eigenvalue weighted by molar-refractivity contribution is 8.00. The second-order valence-electron chi connectivity index (χ2n) is 5.60. The van der Waals surface area contributed by atoms with E-state index in [-0.39, 0.29) is 11.8 Å². The highest BCUT2D eigenvalue weighted by Gasteiger charge is 2.21. The lowest BCUT2D eigenvalue weighted by Gasteiger charge is -2.27. The van der Waals surface area contributed by atoms with E-state index in [1.807, 2.05) is 42.5 Å². The zero-order valence-corrected chi connectivity index (χ0v) is 14.6. The van der Waals surface area contributed by atoms with Gasteiger partial charge in [-0.3, -0.25) is 9.59 Å². The summed E-state index contributed by atoms with van der Waals surface area (Å²) in [7, 11) is 0. The molecule has 0 spiro atoms. The van der Waals surface area contributed by atoms with Crippen LogP contribution in [0.2, 0.25) is 0 Å². The molecule has 1 aliphatic rings. The van der Waals surface area contributed by atoms with Gasteiger partial charge >= 0.3 is 0 Å². The van der Waals surface area contributed by atoms with Crippen molar-refractivity contribution in [1.82, 2.24) is 4.90 Å². The van der Waals surface area contributed by atoms with Crippen molar-refractivity contribution in [3.05, 3.63) is 60.2 Å². The number of carbonyl (C=O) groups excluding carboxylic acids is 2. The third-order valence-corrected chi connectivity index (χ3v) is 4.86. The fourth-order valence-electron chi connectivity index (χ4n) is 2.57. The molecule has 1 heterocycles. The Hall–Kier alpha value is -2.31. The lowest BCUT2D eigenvalue weighted by atomic mass is 10.1. The summed E-state index contributed by atoms with van der Waals surface area (Å²) in [5, 5.41) is 2.86. The van der Waals surface area contributed by atoms with Gasteiger partial charge in [-0.2, -0.15) is 0 Å². The Morgan fingerprint density at radius 1 is 1.00 bits per heavy atom. The number of morpholine rings is 1. The Kier molecular flexibility index (Phi) is 6.09. The number of hydrogen-bond donors (Lipinski definition) is 1. The van der Waals surface area contributed by atoms with Crippen molar-refractivity contribution in [2.24, 2.45) is 0 Å². The topological polar surface area (TPSA) is 58.6 Å². The van der Waals surface area contributed by atoms with Crippen LogP contribution in [0.3, 0.4) is 0 Å². The van der Waals surface area contributed by atoms with E-state index in [4.69, 9.17) is 4.74 Å². The zero-order valence-electron chi connectivity index (χ0n) is 13.8. The summed E-state index contributed by atoms with van der Waals surface area (Å²) in [5.41, 5.74) is 1.07. The third kappa shape index (κ3) is 4.84. The molecule has 1 N–H and O–H groups in total. The van der Waals surface area contributed by atoms with E-state index in [9.17, 15) is 9.59 Å². The van der Waals surface area contributed by atoms with Gasteiger partial charge in [-0.1, -0.05) is 30.3 Å². The third-order valence-electron chi connectivity index (χ3n) is 3.84. The van der Waals surface area contributed by atoms with Gasteiger partial charge in [0.25, 0.3) is 5.91 Å². The fraction of sp³-hybridized carbons (Fsp3) is 0.263. The molecule has 0 unspecified atom stereocenters. The summed E-state index contributed by atoms with van der Waals surface area (Å²) in [4.78, 5) is 27.7. The number of anilines is 1. The SMILES string of the molecule is O=C(CSc1ccccc1)Nc1ccccc1C(=O)N1CCOCC1. The monoisotopic (exact) mass is 356 g/mol. The maximum absolute atomic E-state index is 12.7. The number of carbonyl (C=O) groups is 2. The van der Waals surface area contributed by atoms with Gasteiger partial charge in [0.1, 0.15) is 0 Å². The van der Waals surface area contributed by atoms with Crippen LogP contribution in [-0.4, -0.2) is 48.8 Å². The van der Waals surface area contributed by atoms with Gasteiger partial charge in [-0.05, 0) is 24.3 Å². The van der Waals surface area contributed by atoms with Crippen molar-refractivity contribution in [2.75, 3.05) is 37.4 Å². The largest absolute Gasteiger partial charge is 0.378 e. The van der Waals surface area contributed by atoms with E-state index in [1.54, 1.807) is 17.0 Å². The predicted molar refractivity (Wildman–Crippen MR) is 99.0 cm³/mol. The van der Waals surface area contributed by atoms with Gasteiger partial charge < -0.3 is 15.0 Å². The van der Waals surface area contributed by atoms with E-state index >= 15 is 0 Å². The summed E-state index contributed by atoms with van der Waals surface area (Å²) in [6, 6.07) is 16.9. The van der Waals surface area contributed by atoms with Gasteiger partial charge in [-0.25, -0.2) is 0 Å². The molecule has 5 nitrogen and oxygen atoms in total. The first-order chi connectivity index (χ1) is 12.2. The van der Waals surface area contributed by atoms with Crippen molar-refractivity contribution in [3.63, 3.8) is 0 Å². The number of hydrogen-bond acceptors (Lipinski definition) is 4. The predicted octanol–water partition coefficient (Wildman–Crippen LogP) is 2.89. The van der Waals surface area contributed by atoms with Gasteiger partial charge in [0.2, 0.25) is 5.91 Å². The number of para-hydroxylation sites is 1. The smallest absolute Gasteiger partial charge is 0.256 e. The normalized spacial score (nSPS) is 14.2. The molecule has 2 aromatic rings. The molecule has 1 aliphatic heterocycles. The summed E-state index contributed by atoms with van der Waals surface area (Å²) in [5.74, 6) is 0.0929. The zero-order chi connectivity index (χ0) is 17.5. The number of thioether (sulfide) groups is 1. The molecular weight excluding hydrogens is 336 g/mol. The molecule has 6 heteroatoms. The van der Waals surface area contributed by atoms with Crippen LogP contribution in [0.4, 0.5) is 5.69 Å². The minimum atomic E-state index is -0.129. The molecule has 1 fully saturated rings. The number of nitrogens with zero attached hydrogens (tertiary/aromatic N) is 1. The van der Waals surface area contributed by atoms with Crippen LogP contribution < -0.4 is 5.32 Å². The molecule has 2 aromatic carbocycles. The Balaban J connectivity index is 1.64. The molecule has 130 valence electrons. The molecule has 0 aromatic heterocycles. The molecule has 0 bridgehead atoms. The average molecular weight is 356 g/mol. The van der Waals surface area contributed by atoms with Gasteiger partial charge in [0, 0.05) is 18.0 Å². The van der Waals surface area contributed by atoms with E-state index in [0.29, 0.717) is 43.3 Å². The second kappa shape index (κ2) is 8.69. The standard InChI is InChI=1S/C19H20N2O3S/c22-18(14-25-15-6-2-1-3-7-15)20-17-9-5-4-8-16(17)19(23)21-10-12-24-13-11-21/h1-9H,10-14H2,(H,20,22). The minimum Gasteiger partial charge on any atom is -0.378 e.